The van der Waals surface area contributed by atoms with E-state index in [9.17, 15) is 9.90 Å². The third kappa shape index (κ3) is 1.97. The molecule has 0 aliphatic carbocycles. The van der Waals surface area contributed by atoms with Crippen LogP contribution >= 0.6 is 0 Å². The average molecular weight is 172 g/mol. The molecule has 1 saturated heterocycles. The lowest BCUT2D eigenvalue weighted by Crippen LogP contribution is -2.36. The fraction of sp³-hybridized carbons (Fsp3) is 0.889. The number of cyclic esters (lactones) is 1. The quantitative estimate of drug-likeness (QED) is 0.631. The van der Waals surface area contributed by atoms with Gasteiger partial charge in [-0.3, -0.25) is 4.79 Å². The van der Waals surface area contributed by atoms with Crippen LogP contribution in [0.5, 0.6) is 0 Å². The van der Waals surface area contributed by atoms with Gasteiger partial charge in [-0.1, -0.05) is 13.8 Å². The van der Waals surface area contributed by atoms with E-state index in [4.69, 9.17) is 4.74 Å². The molecule has 0 aromatic carbocycles. The van der Waals surface area contributed by atoms with Gasteiger partial charge in [0.25, 0.3) is 0 Å². The smallest absolute Gasteiger partial charge is 0.311 e. The highest BCUT2D eigenvalue weighted by atomic mass is 16.5. The number of aliphatic hydroxyl groups is 1. The Morgan fingerprint density at radius 1 is 1.58 bits per heavy atom. The summed E-state index contributed by atoms with van der Waals surface area (Å²) in [6.07, 6.45) is 1.09. The number of carbonyl (C=O) groups excluding carboxylic acids is 1. The Bertz CT molecular complexity index is 165. The van der Waals surface area contributed by atoms with E-state index < -0.39 is 6.10 Å². The van der Waals surface area contributed by atoms with Gasteiger partial charge in [0.1, 0.15) is 0 Å². The maximum absolute atomic E-state index is 11.2. The first-order valence-electron chi connectivity index (χ1n) is 4.47. The first-order valence-corrected chi connectivity index (χ1v) is 4.47. The molecule has 3 heteroatoms. The molecule has 1 aliphatic rings. The van der Waals surface area contributed by atoms with Gasteiger partial charge in [0.2, 0.25) is 0 Å². The summed E-state index contributed by atoms with van der Waals surface area (Å²) in [6, 6.07) is 0. The third-order valence-electron chi connectivity index (χ3n) is 2.30. The van der Waals surface area contributed by atoms with Gasteiger partial charge in [0, 0.05) is 0 Å². The van der Waals surface area contributed by atoms with Gasteiger partial charge in [-0.15, -0.1) is 0 Å². The van der Waals surface area contributed by atoms with Crippen LogP contribution in [0.25, 0.3) is 0 Å². The molecule has 12 heavy (non-hydrogen) atoms. The fourth-order valence-corrected chi connectivity index (χ4v) is 1.48. The molecular formula is C9H16O3. The van der Waals surface area contributed by atoms with Gasteiger partial charge in [-0.2, -0.15) is 0 Å². The van der Waals surface area contributed by atoms with Gasteiger partial charge >= 0.3 is 5.97 Å². The Balaban J connectivity index is 2.53. The zero-order valence-corrected chi connectivity index (χ0v) is 7.62. The van der Waals surface area contributed by atoms with Crippen LogP contribution in [-0.2, 0) is 9.53 Å². The molecule has 0 saturated carbocycles. The van der Waals surface area contributed by atoms with Gasteiger partial charge < -0.3 is 9.84 Å². The molecule has 2 atom stereocenters. The Morgan fingerprint density at radius 3 is 2.75 bits per heavy atom. The fourth-order valence-electron chi connectivity index (χ4n) is 1.48. The highest BCUT2D eigenvalue weighted by Gasteiger charge is 2.32. The second-order valence-electron chi connectivity index (χ2n) is 3.65. The normalized spacial score (nSPS) is 27.0. The number of rotatable bonds is 2. The summed E-state index contributed by atoms with van der Waals surface area (Å²) in [4.78, 5) is 11.2. The monoisotopic (exact) mass is 172 g/mol. The standard InChI is InChI=1S/C9H16O3/c1-6(2)8(10)7-4-3-5-12-9(7)11/h6-8,10H,3-5H2,1-2H3/t7-,8+/m0/s1. The lowest BCUT2D eigenvalue weighted by Gasteiger charge is -2.27. The molecule has 3 nitrogen and oxygen atoms in total. The SMILES string of the molecule is CC(C)[C@@H](O)[C@@H]1CCCOC1=O. The minimum Gasteiger partial charge on any atom is -0.465 e. The minimum absolute atomic E-state index is 0.126. The van der Waals surface area contributed by atoms with Gasteiger partial charge in [-0.25, -0.2) is 0 Å². The largest absolute Gasteiger partial charge is 0.465 e. The van der Waals surface area contributed by atoms with E-state index in [-0.39, 0.29) is 17.8 Å². The molecule has 0 amide bonds. The van der Waals surface area contributed by atoms with Crippen molar-refractivity contribution in [1.82, 2.24) is 0 Å². The molecule has 1 fully saturated rings. The first kappa shape index (κ1) is 9.52. The Morgan fingerprint density at radius 2 is 2.25 bits per heavy atom. The molecule has 0 bridgehead atoms. The van der Waals surface area contributed by atoms with Gasteiger partial charge in [-0.05, 0) is 18.8 Å². The van der Waals surface area contributed by atoms with Crippen LogP contribution in [0.3, 0.4) is 0 Å². The van der Waals surface area contributed by atoms with Crippen molar-refractivity contribution in [2.45, 2.75) is 32.8 Å². The molecule has 0 radical (unpaired) electrons. The second-order valence-corrected chi connectivity index (χ2v) is 3.65. The number of carbonyl (C=O) groups is 1. The Kier molecular flexibility index (Phi) is 3.09. The molecule has 1 rings (SSSR count). The van der Waals surface area contributed by atoms with Crippen molar-refractivity contribution in [2.75, 3.05) is 6.61 Å². The Labute approximate surface area is 72.7 Å². The summed E-state index contributed by atoms with van der Waals surface area (Å²) in [5.41, 5.74) is 0. The predicted octanol–water partition coefficient (Wildman–Crippen LogP) is 0.956. The van der Waals surface area contributed by atoms with Crippen molar-refractivity contribution in [3.05, 3.63) is 0 Å². The van der Waals surface area contributed by atoms with E-state index in [0.717, 1.165) is 12.8 Å². The lowest BCUT2D eigenvalue weighted by atomic mass is 9.88. The van der Waals surface area contributed by atoms with Gasteiger partial charge in [0.05, 0.1) is 18.6 Å². The van der Waals surface area contributed by atoms with Crippen LogP contribution in [0.1, 0.15) is 26.7 Å². The molecule has 1 aliphatic heterocycles. The molecule has 1 heterocycles. The topological polar surface area (TPSA) is 46.5 Å². The summed E-state index contributed by atoms with van der Waals surface area (Å²) >= 11 is 0. The number of hydrogen-bond acceptors (Lipinski definition) is 3. The zero-order chi connectivity index (χ0) is 9.14. The molecule has 1 N–H and O–H groups in total. The van der Waals surface area contributed by atoms with Crippen LogP contribution in [0.15, 0.2) is 0 Å². The summed E-state index contributed by atoms with van der Waals surface area (Å²) in [7, 11) is 0. The summed E-state index contributed by atoms with van der Waals surface area (Å²) in [5.74, 6) is -0.401. The lowest BCUT2D eigenvalue weighted by molar-refractivity contribution is -0.159. The summed E-state index contributed by atoms with van der Waals surface area (Å²) < 4.78 is 4.86. The highest BCUT2D eigenvalue weighted by Crippen LogP contribution is 2.22. The molecule has 70 valence electrons. The van der Waals surface area contributed by atoms with Crippen LogP contribution in [-0.4, -0.2) is 23.8 Å². The molecule has 0 aromatic heterocycles. The molecule has 0 unspecified atom stereocenters. The second kappa shape index (κ2) is 3.90. The van der Waals surface area contributed by atoms with E-state index in [0.29, 0.717) is 6.61 Å². The van der Waals surface area contributed by atoms with E-state index in [1.807, 2.05) is 13.8 Å². The molecule has 0 spiro atoms. The van der Waals surface area contributed by atoms with Gasteiger partial charge in [0.15, 0.2) is 0 Å². The van der Waals surface area contributed by atoms with Crippen molar-refractivity contribution in [2.24, 2.45) is 11.8 Å². The predicted molar refractivity (Wildman–Crippen MR) is 44.5 cm³/mol. The van der Waals surface area contributed by atoms with Crippen molar-refractivity contribution >= 4 is 5.97 Å². The van der Waals surface area contributed by atoms with Crippen molar-refractivity contribution in [3.8, 4) is 0 Å². The van der Waals surface area contributed by atoms with E-state index >= 15 is 0 Å². The minimum atomic E-state index is -0.544. The third-order valence-corrected chi connectivity index (χ3v) is 2.30. The number of hydrogen-bond donors (Lipinski definition) is 1. The Hall–Kier alpha value is -0.570. The molecule has 0 aromatic rings. The van der Waals surface area contributed by atoms with Crippen molar-refractivity contribution < 1.29 is 14.6 Å². The van der Waals surface area contributed by atoms with Crippen LogP contribution < -0.4 is 0 Å². The number of esters is 1. The van der Waals surface area contributed by atoms with E-state index in [1.54, 1.807) is 0 Å². The van der Waals surface area contributed by atoms with E-state index in [1.165, 1.54) is 0 Å². The maximum Gasteiger partial charge on any atom is 0.311 e. The van der Waals surface area contributed by atoms with Crippen LogP contribution in [0.4, 0.5) is 0 Å². The molecular weight excluding hydrogens is 156 g/mol. The van der Waals surface area contributed by atoms with Crippen molar-refractivity contribution in [3.63, 3.8) is 0 Å². The number of ether oxygens (including phenoxy) is 1. The number of aliphatic hydroxyl groups excluding tert-OH is 1. The summed E-state index contributed by atoms with van der Waals surface area (Å²) in [6.45, 7) is 4.33. The van der Waals surface area contributed by atoms with Crippen LogP contribution in [0, 0.1) is 11.8 Å². The first-order chi connectivity index (χ1) is 5.63. The maximum atomic E-state index is 11.2. The highest BCUT2D eigenvalue weighted by molar-refractivity contribution is 5.73. The van der Waals surface area contributed by atoms with Crippen molar-refractivity contribution in [1.29, 1.82) is 0 Å². The average Bonchev–Trinajstić information content (AvgIpc) is 2.04. The summed E-state index contributed by atoms with van der Waals surface area (Å²) in [5, 5.41) is 9.62. The zero-order valence-electron chi connectivity index (χ0n) is 7.62. The van der Waals surface area contributed by atoms with Crippen LogP contribution in [0.2, 0.25) is 0 Å². The van der Waals surface area contributed by atoms with E-state index in [2.05, 4.69) is 0 Å².